The fraction of sp³-hybridized carbons (Fsp3) is 0.722. The van der Waals surface area contributed by atoms with Gasteiger partial charge in [0.2, 0.25) is 0 Å². The van der Waals surface area contributed by atoms with Gasteiger partial charge in [-0.1, -0.05) is 44.8 Å². The lowest BCUT2D eigenvalue weighted by molar-refractivity contribution is 0.436. The zero-order valence-electron chi connectivity index (χ0n) is 15.7. The number of rotatable bonds is 4. The summed E-state index contributed by atoms with van der Waals surface area (Å²) < 4.78 is 3.18. The number of anilines is 1. The number of aromatic nitrogens is 2. The number of nitrogen functional groups attached to an aromatic ring is 1. The number of hydrogen-bond acceptors (Lipinski definition) is 5. The summed E-state index contributed by atoms with van der Waals surface area (Å²) in [5, 5.41) is 0.932. The average Bonchev–Trinajstić information content (AvgIpc) is 2.85. The van der Waals surface area contributed by atoms with Gasteiger partial charge in [0.1, 0.15) is 10.3 Å². The molecule has 2 N–H and O–H groups in total. The van der Waals surface area contributed by atoms with Crippen LogP contribution in [0.2, 0.25) is 0 Å². The normalized spacial score (nSPS) is 22.0. The Labute approximate surface area is 159 Å². The van der Waals surface area contributed by atoms with Gasteiger partial charge in [0.15, 0.2) is 5.82 Å². The van der Waals surface area contributed by atoms with Crippen LogP contribution in [0.25, 0.3) is 0 Å². The summed E-state index contributed by atoms with van der Waals surface area (Å²) in [4.78, 5) is 16.8. The zero-order valence-corrected chi connectivity index (χ0v) is 17.4. The number of aliphatic imine (C=N–C) groups is 1. The van der Waals surface area contributed by atoms with E-state index >= 15 is 0 Å². The number of nitrogens with zero attached hydrogens (tertiary/aromatic N) is 3. The van der Waals surface area contributed by atoms with Crippen LogP contribution in [-0.2, 0) is 14.1 Å². The standard InChI is InChI=1S/C18H30N4OS2/c1-5-13-7-6-8-14(10-9-13)11-25-12(2)20-16-15(19)17(24)22(4)18(23)21(16)3/h13-14H,5-11,19H2,1-4H3/b20-12+. The molecule has 140 valence electrons. The Morgan fingerprint density at radius 2 is 1.88 bits per heavy atom. The van der Waals surface area contributed by atoms with E-state index in [0.29, 0.717) is 16.1 Å². The fourth-order valence-electron chi connectivity index (χ4n) is 3.44. The maximum Gasteiger partial charge on any atom is 0.330 e. The van der Waals surface area contributed by atoms with Crippen molar-refractivity contribution in [2.24, 2.45) is 30.9 Å². The van der Waals surface area contributed by atoms with E-state index in [0.717, 1.165) is 22.6 Å². The Morgan fingerprint density at radius 1 is 1.24 bits per heavy atom. The van der Waals surface area contributed by atoms with Crippen molar-refractivity contribution in [2.45, 2.75) is 52.4 Å². The molecule has 1 heterocycles. The second-order valence-corrected chi connectivity index (χ2v) is 8.63. The van der Waals surface area contributed by atoms with Gasteiger partial charge in [0.05, 0.1) is 5.04 Å². The summed E-state index contributed by atoms with van der Waals surface area (Å²) in [7, 11) is 3.31. The van der Waals surface area contributed by atoms with Gasteiger partial charge in [-0.05, 0) is 31.6 Å². The minimum atomic E-state index is -0.204. The molecule has 1 saturated carbocycles. The SMILES string of the molecule is CCC1CCCC(CS/C(C)=N/c2c(N)c(=S)n(C)c(=O)n2C)CC1. The summed E-state index contributed by atoms with van der Waals surface area (Å²) in [5.41, 5.74) is 6.28. The Balaban J connectivity index is 2.08. The lowest BCUT2D eigenvalue weighted by atomic mass is 9.97. The predicted molar refractivity (Wildman–Crippen MR) is 111 cm³/mol. The van der Waals surface area contributed by atoms with Crippen LogP contribution < -0.4 is 11.4 Å². The van der Waals surface area contributed by atoms with Crippen molar-refractivity contribution in [3.05, 3.63) is 15.1 Å². The molecule has 1 fully saturated rings. The lowest BCUT2D eigenvalue weighted by Gasteiger charge is -2.15. The van der Waals surface area contributed by atoms with Crippen molar-refractivity contribution in [1.29, 1.82) is 0 Å². The van der Waals surface area contributed by atoms with E-state index < -0.39 is 0 Å². The fourth-order valence-corrected chi connectivity index (χ4v) is 4.58. The van der Waals surface area contributed by atoms with Gasteiger partial charge in [-0.25, -0.2) is 9.79 Å². The third kappa shape index (κ3) is 4.97. The highest BCUT2D eigenvalue weighted by molar-refractivity contribution is 8.13. The van der Waals surface area contributed by atoms with E-state index in [1.54, 1.807) is 25.9 Å². The number of hydrogen-bond donors (Lipinski definition) is 1. The van der Waals surface area contributed by atoms with Gasteiger partial charge in [0.25, 0.3) is 0 Å². The quantitative estimate of drug-likeness (QED) is 0.362. The van der Waals surface area contributed by atoms with Crippen LogP contribution in [-0.4, -0.2) is 19.9 Å². The van der Waals surface area contributed by atoms with Gasteiger partial charge < -0.3 is 5.73 Å². The molecule has 1 aromatic heterocycles. The molecule has 25 heavy (non-hydrogen) atoms. The molecule has 5 nitrogen and oxygen atoms in total. The highest BCUT2D eigenvalue weighted by Crippen LogP contribution is 2.31. The minimum absolute atomic E-state index is 0.204. The van der Waals surface area contributed by atoms with Crippen molar-refractivity contribution in [2.75, 3.05) is 11.5 Å². The first-order valence-electron chi connectivity index (χ1n) is 9.08. The summed E-state index contributed by atoms with van der Waals surface area (Å²) in [5.74, 6) is 3.22. The van der Waals surface area contributed by atoms with Gasteiger partial charge >= 0.3 is 5.69 Å². The molecule has 0 saturated heterocycles. The third-order valence-electron chi connectivity index (χ3n) is 5.24. The molecule has 2 atom stereocenters. The van der Waals surface area contributed by atoms with Crippen LogP contribution >= 0.6 is 24.0 Å². The van der Waals surface area contributed by atoms with Crippen molar-refractivity contribution in [3.63, 3.8) is 0 Å². The zero-order chi connectivity index (χ0) is 18.6. The molecule has 1 aromatic rings. The van der Waals surface area contributed by atoms with Gasteiger partial charge in [-0.15, -0.1) is 11.8 Å². The highest BCUT2D eigenvalue weighted by atomic mass is 32.2. The highest BCUT2D eigenvalue weighted by Gasteiger charge is 2.18. The number of nitrogens with two attached hydrogens (primary N) is 1. The first-order valence-corrected chi connectivity index (χ1v) is 10.5. The van der Waals surface area contributed by atoms with Gasteiger partial charge in [-0.2, -0.15) is 0 Å². The van der Waals surface area contributed by atoms with E-state index in [2.05, 4.69) is 11.9 Å². The van der Waals surface area contributed by atoms with E-state index in [-0.39, 0.29) is 5.69 Å². The maximum atomic E-state index is 12.2. The topological polar surface area (TPSA) is 65.3 Å². The Hall–Kier alpha value is -1.08. The first-order chi connectivity index (χ1) is 11.8. The van der Waals surface area contributed by atoms with E-state index in [1.165, 1.54) is 47.7 Å². The molecular weight excluding hydrogens is 352 g/mol. The van der Waals surface area contributed by atoms with Crippen LogP contribution in [0, 0.1) is 16.5 Å². The van der Waals surface area contributed by atoms with Crippen molar-refractivity contribution < 1.29 is 0 Å². The molecule has 0 bridgehead atoms. The molecule has 1 aliphatic carbocycles. The van der Waals surface area contributed by atoms with Gasteiger partial charge in [-0.3, -0.25) is 9.13 Å². The van der Waals surface area contributed by atoms with E-state index in [4.69, 9.17) is 18.0 Å². The molecule has 0 spiro atoms. The largest absolute Gasteiger partial charge is 0.393 e. The Bertz CT molecular complexity index is 713. The van der Waals surface area contributed by atoms with E-state index in [9.17, 15) is 4.79 Å². The Kier molecular flexibility index (Phi) is 7.31. The summed E-state index contributed by atoms with van der Waals surface area (Å²) >= 11 is 7.00. The maximum absolute atomic E-state index is 12.2. The van der Waals surface area contributed by atoms with Crippen LogP contribution in [0.4, 0.5) is 11.5 Å². The monoisotopic (exact) mass is 382 g/mol. The van der Waals surface area contributed by atoms with Crippen molar-refractivity contribution in [3.8, 4) is 0 Å². The van der Waals surface area contributed by atoms with Crippen LogP contribution in [0.15, 0.2) is 9.79 Å². The van der Waals surface area contributed by atoms with Crippen molar-refractivity contribution in [1.82, 2.24) is 9.13 Å². The second-order valence-electron chi connectivity index (χ2n) is 7.03. The molecule has 1 aliphatic rings. The molecule has 2 rings (SSSR count). The Morgan fingerprint density at radius 3 is 2.56 bits per heavy atom. The summed E-state index contributed by atoms with van der Waals surface area (Å²) in [6.45, 7) is 4.29. The predicted octanol–water partition coefficient (Wildman–Crippen LogP) is 4.43. The molecule has 0 amide bonds. The molecule has 0 aromatic carbocycles. The van der Waals surface area contributed by atoms with E-state index in [1.807, 2.05) is 6.92 Å². The molecule has 2 unspecified atom stereocenters. The van der Waals surface area contributed by atoms with Crippen LogP contribution in [0.5, 0.6) is 0 Å². The summed E-state index contributed by atoms with van der Waals surface area (Å²) in [6, 6.07) is 0. The van der Waals surface area contributed by atoms with Crippen LogP contribution in [0.3, 0.4) is 0 Å². The smallest absolute Gasteiger partial charge is 0.330 e. The first kappa shape index (κ1) is 20.2. The molecule has 0 radical (unpaired) electrons. The minimum Gasteiger partial charge on any atom is -0.393 e. The number of thioether (sulfide) groups is 1. The molecule has 7 heteroatoms. The molecular formula is C18H30N4OS2. The lowest BCUT2D eigenvalue weighted by Crippen LogP contribution is -2.28. The van der Waals surface area contributed by atoms with Gasteiger partial charge in [0, 0.05) is 19.8 Å². The average molecular weight is 383 g/mol. The van der Waals surface area contributed by atoms with Crippen LogP contribution in [0.1, 0.15) is 52.4 Å². The van der Waals surface area contributed by atoms with Crippen molar-refractivity contribution >= 4 is 40.5 Å². The second kappa shape index (κ2) is 9.03. The summed E-state index contributed by atoms with van der Waals surface area (Å²) in [6.07, 6.45) is 8.02. The molecule has 0 aliphatic heterocycles. The third-order valence-corrected chi connectivity index (χ3v) is 6.88.